The molecule has 2 fully saturated rings. The second kappa shape index (κ2) is 6.36. The van der Waals surface area contributed by atoms with Crippen LogP contribution in [0.5, 0.6) is 0 Å². The minimum absolute atomic E-state index is 0.119. The van der Waals surface area contributed by atoms with E-state index in [1.807, 2.05) is 49.4 Å². The topological polar surface area (TPSA) is 56.2 Å². The predicted octanol–water partition coefficient (Wildman–Crippen LogP) is 4.20. The van der Waals surface area contributed by atoms with E-state index < -0.39 is 30.1 Å². The first kappa shape index (κ1) is 18.5. The first-order valence-corrected chi connectivity index (χ1v) is 9.14. The van der Waals surface area contributed by atoms with Gasteiger partial charge in [0.05, 0.1) is 0 Å². The molecule has 0 aromatic heterocycles. The zero-order chi connectivity index (χ0) is 20.1. The van der Waals surface area contributed by atoms with Crippen molar-refractivity contribution in [2.75, 3.05) is 6.54 Å². The van der Waals surface area contributed by atoms with Gasteiger partial charge in [-0.3, -0.25) is 15.1 Å². The molecule has 1 unspecified atom stereocenters. The van der Waals surface area contributed by atoms with E-state index in [1.165, 1.54) is 0 Å². The third-order valence-electron chi connectivity index (χ3n) is 5.36. The fraction of sp³-hybridized carbons (Fsp3) is 0.333. The standard InChI is InChI=1S/C21H20F3N3O/c1-13-4-2-5-14(10-13)15-6-3-7-17(11-15)21(16-8-9-16)18(28)27(19(25)26-21)12-20(22,23)24/h2-7,10-11,16H,8-9,12H2,1H3,(H2,25,26). The van der Waals surface area contributed by atoms with Crippen molar-refractivity contribution in [1.82, 2.24) is 10.2 Å². The molecule has 1 heterocycles. The predicted molar refractivity (Wildman–Crippen MR) is 99.6 cm³/mol. The van der Waals surface area contributed by atoms with Crippen molar-refractivity contribution in [2.45, 2.75) is 31.5 Å². The van der Waals surface area contributed by atoms with Crippen LogP contribution >= 0.6 is 0 Å². The molecule has 4 nitrogen and oxygen atoms in total. The molecule has 2 aromatic rings. The van der Waals surface area contributed by atoms with Crippen LogP contribution in [0.15, 0.2) is 48.5 Å². The molecule has 0 bridgehead atoms. The molecular formula is C21H20F3N3O. The lowest BCUT2D eigenvalue weighted by Crippen LogP contribution is -2.46. The molecule has 1 saturated heterocycles. The maximum absolute atomic E-state index is 13.1. The Morgan fingerprint density at radius 1 is 1.14 bits per heavy atom. The van der Waals surface area contributed by atoms with Crippen molar-refractivity contribution < 1.29 is 18.0 Å². The molecule has 28 heavy (non-hydrogen) atoms. The number of aryl methyl sites for hydroxylation is 1. The van der Waals surface area contributed by atoms with E-state index >= 15 is 0 Å². The summed E-state index contributed by atoms with van der Waals surface area (Å²) in [6.07, 6.45) is -3.09. The molecule has 1 aliphatic carbocycles. The van der Waals surface area contributed by atoms with Crippen LogP contribution in [0.4, 0.5) is 13.2 Å². The zero-order valence-corrected chi connectivity index (χ0v) is 15.3. The summed E-state index contributed by atoms with van der Waals surface area (Å²) < 4.78 is 38.8. The molecule has 2 aliphatic rings. The summed E-state index contributed by atoms with van der Waals surface area (Å²) in [7, 11) is 0. The van der Waals surface area contributed by atoms with Crippen LogP contribution in [0.1, 0.15) is 24.0 Å². The minimum Gasteiger partial charge on any atom is -0.338 e. The molecule has 7 heteroatoms. The second-order valence-corrected chi connectivity index (χ2v) is 7.51. The molecule has 0 spiro atoms. The third-order valence-corrected chi connectivity index (χ3v) is 5.36. The van der Waals surface area contributed by atoms with Crippen molar-refractivity contribution in [3.63, 3.8) is 0 Å². The average molecular weight is 387 g/mol. The number of carbonyl (C=O) groups is 1. The van der Waals surface area contributed by atoms with Gasteiger partial charge in [-0.05, 0) is 48.4 Å². The summed E-state index contributed by atoms with van der Waals surface area (Å²) in [6.45, 7) is 0.529. The maximum Gasteiger partial charge on any atom is 0.406 e. The van der Waals surface area contributed by atoms with Gasteiger partial charge in [0.1, 0.15) is 12.1 Å². The van der Waals surface area contributed by atoms with Crippen molar-refractivity contribution in [3.05, 3.63) is 59.7 Å². The number of carbonyl (C=O) groups excluding carboxylic acids is 1. The molecule has 146 valence electrons. The van der Waals surface area contributed by atoms with E-state index in [0.29, 0.717) is 10.5 Å². The SMILES string of the molecule is Cc1cccc(-c2cccc(C3(C4CC4)NC(=N)N(CC(F)(F)F)C3=O)c2)c1. The maximum atomic E-state index is 13.1. The summed E-state index contributed by atoms with van der Waals surface area (Å²) >= 11 is 0. The van der Waals surface area contributed by atoms with Gasteiger partial charge in [0.15, 0.2) is 5.96 Å². The van der Waals surface area contributed by atoms with E-state index in [9.17, 15) is 18.0 Å². The minimum atomic E-state index is -4.56. The van der Waals surface area contributed by atoms with Crippen LogP contribution < -0.4 is 5.32 Å². The second-order valence-electron chi connectivity index (χ2n) is 7.51. The van der Waals surface area contributed by atoms with E-state index in [4.69, 9.17) is 5.41 Å². The number of amides is 1. The number of alkyl halides is 3. The monoisotopic (exact) mass is 387 g/mol. The largest absolute Gasteiger partial charge is 0.406 e. The molecule has 1 amide bonds. The summed E-state index contributed by atoms with van der Waals surface area (Å²) in [6, 6.07) is 15.2. The molecule has 1 aliphatic heterocycles. The number of hydrogen-bond acceptors (Lipinski definition) is 2. The molecule has 1 atom stereocenters. The zero-order valence-electron chi connectivity index (χ0n) is 15.3. The molecule has 1 saturated carbocycles. The van der Waals surface area contributed by atoms with Gasteiger partial charge in [-0.15, -0.1) is 0 Å². The van der Waals surface area contributed by atoms with Crippen LogP contribution in [-0.4, -0.2) is 29.5 Å². The lowest BCUT2D eigenvalue weighted by atomic mass is 9.83. The van der Waals surface area contributed by atoms with Crippen molar-refractivity contribution >= 4 is 11.9 Å². The van der Waals surface area contributed by atoms with Crippen LogP contribution in [0.3, 0.4) is 0 Å². The van der Waals surface area contributed by atoms with Crippen LogP contribution in [0.2, 0.25) is 0 Å². The number of halogens is 3. The van der Waals surface area contributed by atoms with Gasteiger partial charge in [0.2, 0.25) is 0 Å². The van der Waals surface area contributed by atoms with Gasteiger partial charge in [-0.25, -0.2) is 0 Å². The number of rotatable bonds is 4. The quantitative estimate of drug-likeness (QED) is 0.826. The Labute approximate surface area is 160 Å². The number of nitrogens with one attached hydrogen (secondary N) is 2. The normalized spacial score (nSPS) is 22.5. The summed E-state index contributed by atoms with van der Waals surface area (Å²) in [5.74, 6) is -1.31. The van der Waals surface area contributed by atoms with Crippen LogP contribution in [0.25, 0.3) is 11.1 Å². The van der Waals surface area contributed by atoms with E-state index in [1.54, 1.807) is 6.07 Å². The molecule has 2 N–H and O–H groups in total. The fourth-order valence-corrected chi connectivity index (χ4v) is 3.95. The van der Waals surface area contributed by atoms with E-state index in [0.717, 1.165) is 29.5 Å². The van der Waals surface area contributed by atoms with E-state index in [-0.39, 0.29) is 5.92 Å². The van der Waals surface area contributed by atoms with Crippen LogP contribution in [-0.2, 0) is 10.3 Å². The number of nitrogens with zero attached hydrogens (tertiary/aromatic N) is 1. The Balaban J connectivity index is 1.76. The van der Waals surface area contributed by atoms with Crippen molar-refractivity contribution in [3.8, 4) is 11.1 Å². The Morgan fingerprint density at radius 3 is 2.39 bits per heavy atom. The van der Waals surface area contributed by atoms with Crippen molar-refractivity contribution in [1.29, 1.82) is 5.41 Å². The van der Waals surface area contributed by atoms with Gasteiger partial charge in [-0.2, -0.15) is 13.2 Å². The lowest BCUT2D eigenvalue weighted by molar-refractivity contribution is -0.154. The third kappa shape index (κ3) is 3.15. The Bertz CT molecular complexity index is 952. The average Bonchev–Trinajstić information content (AvgIpc) is 3.45. The highest BCUT2D eigenvalue weighted by atomic mass is 19.4. The van der Waals surface area contributed by atoms with Gasteiger partial charge < -0.3 is 5.32 Å². The first-order valence-electron chi connectivity index (χ1n) is 9.14. The van der Waals surface area contributed by atoms with Gasteiger partial charge >= 0.3 is 6.18 Å². The smallest absolute Gasteiger partial charge is 0.338 e. The first-order chi connectivity index (χ1) is 13.2. The van der Waals surface area contributed by atoms with Gasteiger partial charge in [0.25, 0.3) is 5.91 Å². The highest BCUT2D eigenvalue weighted by Gasteiger charge is 2.60. The van der Waals surface area contributed by atoms with Gasteiger partial charge in [0, 0.05) is 0 Å². The highest BCUT2D eigenvalue weighted by molar-refractivity contribution is 6.09. The Hall–Kier alpha value is -2.83. The fourth-order valence-electron chi connectivity index (χ4n) is 3.95. The lowest BCUT2D eigenvalue weighted by Gasteiger charge is -2.28. The summed E-state index contributed by atoms with van der Waals surface area (Å²) in [5, 5.41) is 10.8. The molecule has 4 rings (SSSR count). The molecular weight excluding hydrogens is 367 g/mol. The Morgan fingerprint density at radius 2 is 1.79 bits per heavy atom. The highest BCUT2D eigenvalue weighted by Crippen LogP contribution is 2.49. The van der Waals surface area contributed by atoms with Gasteiger partial charge in [-0.1, -0.05) is 48.0 Å². The molecule has 2 aromatic carbocycles. The summed E-state index contributed by atoms with van der Waals surface area (Å²) in [5.41, 5.74) is 2.25. The number of hydrogen-bond donors (Lipinski definition) is 2. The summed E-state index contributed by atoms with van der Waals surface area (Å²) in [4.78, 5) is 13.6. The van der Waals surface area contributed by atoms with E-state index in [2.05, 4.69) is 5.32 Å². The van der Waals surface area contributed by atoms with Crippen LogP contribution in [0, 0.1) is 18.3 Å². The molecule has 0 radical (unpaired) electrons. The van der Waals surface area contributed by atoms with Crippen molar-refractivity contribution in [2.24, 2.45) is 5.92 Å². The number of benzene rings is 2. The Kier molecular flexibility index (Phi) is 4.21. The number of guanidine groups is 1.